The number of nitrogens with zero attached hydrogens (tertiary/aromatic N) is 3. The number of aromatic nitrogens is 3. The van der Waals surface area contributed by atoms with Gasteiger partial charge in [0.05, 0.1) is 24.0 Å². The summed E-state index contributed by atoms with van der Waals surface area (Å²) in [6.07, 6.45) is 1.58. The van der Waals surface area contributed by atoms with Gasteiger partial charge in [-0.3, -0.25) is 9.36 Å². The van der Waals surface area contributed by atoms with Crippen LogP contribution in [-0.2, 0) is 6.54 Å². The highest BCUT2D eigenvalue weighted by Crippen LogP contribution is 2.16. The van der Waals surface area contributed by atoms with E-state index in [1.54, 1.807) is 17.0 Å². The fourth-order valence-electron chi connectivity index (χ4n) is 1.90. The van der Waals surface area contributed by atoms with Gasteiger partial charge in [-0.15, -0.1) is 11.3 Å². The predicted molar refractivity (Wildman–Crippen MR) is 69.0 cm³/mol. The van der Waals surface area contributed by atoms with Crippen LogP contribution in [0.15, 0.2) is 27.1 Å². The molecule has 0 unspecified atom stereocenters. The topological polar surface area (TPSA) is 60.9 Å². The van der Waals surface area contributed by atoms with Crippen LogP contribution in [-0.4, -0.2) is 14.7 Å². The molecule has 0 N–H and O–H groups in total. The van der Waals surface area contributed by atoms with Gasteiger partial charge in [-0.05, 0) is 25.3 Å². The van der Waals surface area contributed by atoms with Gasteiger partial charge >= 0.3 is 0 Å². The lowest BCUT2D eigenvalue weighted by Crippen LogP contribution is -2.20. The Hall–Kier alpha value is -1.95. The Bertz CT molecular complexity index is 750. The van der Waals surface area contributed by atoms with E-state index >= 15 is 0 Å². The molecule has 0 atom stereocenters. The van der Waals surface area contributed by atoms with E-state index < -0.39 is 0 Å². The Kier molecular flexibility index (Phi) is 2.52. The van der Waals surface area contributed by atoms with Gasteiger partial charge in [0.15, 0.2) is 0 Å². The molecule has 0 bridgehead atoms. The second-order valence-corrected chi connectivity index (χ2v) is 5.01. The zero-order chi connectivity index (χ0) is 12.7. The fraction of sp³-hybridized carbons (Fsp3) is 0.250. The van der Waals surface area contributed by atoms with Gasteiger partial charge in [-0.25, -0.2) is 4.98 Å². The third-order valence-corrected chi connectivity index (χ3v) is 3.78. The van der Waals surface area contributed by atoms with Crippen molar-refractivity contribution < 1.29 is 4.52 Å². The molecule has 5 nitrogen and oxygen atoms in total. The molecule has 0 radical (unpaired) electrons. The lowest BCUT2D eigenvalue weighted by atomic mass is 10.2. The minimum Gasteiger partial charge on any atom is -0.361 e. The van der Waals surface area contributed by atoms with Gasteiger partial charge in [0.2, 0.25) is 0 Å². The van der Waals surface area contributed by atoms with Gasteiger partial charge in [-0.1, -0.05) is 5.16 Å². The van der Waals surface area contributed by atoms with Crippen molar-refractivity contribution in [2.24, 2.45) is 0 Å². The second kappa shape index (κ2) is 4.06. The first-order valence-corrected chi connectivity index (χ1v) is 6.39. The lowest BCUT2D eigenvalue weighted by Gasteiger charge is -2.04. The van der Waals surface area contributed by atoms with Gasteiger partial charge in [-0.2, -0.15) is 0 Å². The van der Waals surface area contributed by atoms with Gasteiger partial charge in [0, 0.05) is 5.56 Å². The zero-order valence-corrected chi connectivity index (χ0v) is 10.8. The Labute approximate surface area is 107 Å². The Morgan fingerprint density at radius 3 is 3.00 bits per heavy atom. The molecule has 0 aliphatic rings. The second-order valence-electron chi connectivity index (χ2n) is 4.12. The van der Waals surface area contributed by atoms with Crippen LogP contribution in [0, 0.1) is 13.8 Å². The van der Waals surface area contributed by atoms with E-state index in [2.05, 4.69) is 10.1 Å². The molecule has 0 aromatic carbocycles. The van der Waals surface area contributed by atoms with Crippen molar-refractivity contribution in [3.8, 4) is 0 Å². The molecule has 3 aromatic rings. The van der Waals surface area contributed by atoms with Crippen LogP contribution in [0.1, 0.15) is 17.0 Å². The van der Waals surface area contributed by atoms with Crippen molar-refractivity contribution in [3.05, 3.63) is 45.1 Å². The van der Waals surface area contributed by atoms with E-state index in [9.17, 15) is 4.79 Å². The molecule has 0 aliphatic heterocycles. The molecular formula is C12H11N3O2S. The number of hydrogen-bond acceptors (Lipinski definition) is 5. The number of aryl methyl sites for hydroxylation is 2. The molecule has 6 heteroatoms. The van der Waals surface area contributed by atoms with Crippen LogP contribution in [0.5, 0.6) is 0 Å². The number of hydrogen-bond donors (Lipinski definition) is 0. The molecule has 3 heterocycles. The van der Waals surface area contributed by atoms with E-state index in [0.29, 0.717) is 11.9 Å². The molecule has 0 amide bonds. The summed E-state index contributed by atoms with van der Waals surface area (Å²) >= 11 is 1.47. The first-order chi connectivity index (χ1) is 8.66. The van der Waals surface area contributed by atoms with Crippen LogP contribution < -0.4 is 5.56 Å². The number of fused-ring (bicyclic) bond motifs is 1. The van der Waals surface area contributed by atoms with Crippen molar-refractivity contribution in [2.75, 3.05) is 0 Å². The Morgan fingerprint density at radius 2 is 2.28 bits per heavy atom. The third-order valence-electron chi connectivity index (χ3n) is 2.96. The number of rotatable bonds is 2. The summed E-state index contributed by atoms with van der Waals surface area (Å²) < 4.78 is 6.68. The Morgan fingerprint density at radius 1 is 1.44 bits per heavy atom. The van der Waals surface area contributed by atoms with Crippen molar-refractivity contribution in [1.82, 2.24) is 14.7 Å². The summed E-state index contributed by atoms with van der Waals surface area (Å²) in [5.74, 6) is 0.741. The Balaban J connectivity index is 2.10. The van der Waals surface area contributed by atoms with E-state index in [-0.39, 0.29) is 5.56 Å². The van der Waals surface area contributed by atoms with E-state index in [1.165, 1.54) is 11.3 Å². The maximum Gasteiger partial charge on any atom is 0.262 e. The quantitative estimate of drug-likeness (QED) is 0.709. The fourth-order valence-corrected chi connectivity index (χ4v) is 2.63. The van der Waals surface area contributed by atoms with Crippen LogP contribution in [0.2, 0.25) is 0 Å². The minimum absolute atomic E-state index is 0.0266. The SMILES string of the molecule is Cc1noc(C)c1Cn1cnc2sccc2c1=O. The molecule has 0 spiro atoms. The standard InChI is InChI=1S/C12H11N3O2S/c1-7-10(8(2)17-14-7)5-15-6-13-11-9(12(15)16)3-4-18-11/h3-4,6H,5H2,1-2H3. The van der Waals surface area contributed by atoms with Gasteiger partial charge in [0.25, 0.3) is 5.56 Å². The van der Waals surface area contributed by atoms with Gasteiger partial charge < -0.3 is 4.52 Å². The summed E-state index contributed by atoms with van der Waals surface area (Å²) in [6, 6.07) is 1.80. The molecule has 0 saturated heterocycles. The lowest BCUT2D eigenvalue weighted by molar-refractivity contribution is 0.392. The summed E-state index contributed by atoms with van der Waals surface area (Å²) in [5, 5.41) is 6.42. The highest BCUT2D eigenvalue weighted by Gasteiger charge is 2.12. The molecule has 3 rings (SSSR count). The molecule has 18 heavy (non-hydrogen) atoms. The predicted octanol–water partition coefficient (Wildman–Crippen LogP) is 2.11. The van der Waals surface area contributed by atoms with E-state index in [0.717, 1.165) is 21.8 Å². The van der Waals surface area contributed by atoms with Crippen molar-refractivity contribution >= 4 is 21.6 Å². The zero-order valence-electron chi connectivity index (χ0n) is 10.0. The van der Waals surface area contributed by atoms with Crippen molar-refractivity contribution in [2.45, 2.75) is 20.4 Å². The highest BCUT2D eigenvalue weighted by molar-refractivity contribution is 7.16. The monoisotopic (exact) mass is 261 g/mol. The highest BCUT2D eigenvalue weighted by atomic mass is 32.1. The van der Waals surface area contributed by atoms with Crippen LogP contribution >= 0.6 is 11.3 Å². The molecule has 0 aliphatic carbocycles. The van der Waals surface area contributed by atoms with Crippen molar-refractivity contribution in [1.29, 1.82) is 0 Å². The molecular weight excluding hydrogens is 250 g/mol. The molecule has 92 valence electrons. The van der Waals surface area contributed by atoms with Crippen LogP contribution in [0.3, 0.4) is 0 Å². The smallest absolute Gasteiger partial charge is 0.262 e. The normalized spacial score (nSPS) is 11.2. The van der Waals surface area contributed by atoms with Crippen LogP contribution in [0.25, 0.3) is 10.2 Å². The largest absolute Gasteiger partial charge is 0.361 e. The molecule has 0 saturated carbocycles. The first-order valence-electron chi connectivity index (χ1n) is 5.51. The maximum absolute atomic E-state index is 12.2. The third kappa shape index (κ3) is 1.65. The average Bonchev–Trinajstić information content (AvgIpc) is 2.94. The van der Waals surface area contributed by atoms with Gasteiger partial charge in [0.1, 0.15) is 10.6 Å². The first kappa shape index (κ1) is 11.2. The maximum atomic E-state index is 12.2. The van der Waals surface area contributed by atoms with Crippen molar-refractivity contribution in [3.63, 3.8) is 0 Å². The minimum atomic E-state index is -0.0266. The number of thiophene rings is 1. The average molecular weight is 261 g/mol. The summed E-state index contributed by atoms with van der Waals surface area (Å²) in [4.78, 5) is 17.3. The summed E-state index contributed by atoms with van der Waals surface area (Å²) in [6.45, 7) is 4.16. The summed E-state index contributed by atoms with van der Waals surface area (Å²) in [7, 11) is 0. The molecule has 3 aromatic heterocycles. The summed E-state index contributed by atoms with van der Waals surface area (Å²) in [5.41, 5.74) is 1.72. The molecule has 0 fully saturated rings. The van der Waals surface area contributed by atoms with Crippen LogP contribution in [0.4, 0.5) is 0 Å². The van der Waals surface area contributed by atoms with E-state index in [4.69, 9.17) is 4.52 Å². The van der Waals surface area contributed by atoms with E-state index in [1.807, 2.05) is 19.2 Å².